The van der Waals surface area contributed by atoms with Crippen molar-refractivity contribution < 1.29 is 4.79 Å². The molecule has 1 N–H and O–H groups in total. The summed E-state index contributed by atoms with van der Waals surface area (Å²) >= 11 is 0. The van der Waals surface area contributed by atoms with E-state index in [1.807, 2.05) is 18.2 Å². The zero-order valence-corrected chi connectivity index (χ0v) is 14.1. The van der Waals surface area contributed by atoms with Gasteiger partial charge in [0.25, 0.3) is 0 Å². The maximum atomic E-state index is 11.4. The van der Waals surface area contributed by atoms with E-state index in [0.29, 0.717) is 0 Å². The molecule has 1 rings (SSSR count). The number of carbonyl (C=O) groups excluding carboxylic acids is 1. The monoisotopic (exact) mass is 325 g/mol. The molecule has 0 aliphatic heterocycles. The molecule has 1 aromatic rings. The van der Waals surface area contributed by atoms with Gasteiger partial charge in [0, 0.05) is 5.69 Å². The van der Waals surface area contributed by atoms with Crippen LogP contribution in [-0.4, -0.2) is 35.5 Å². The van der Waals surface area contributed by atoms with Crippen molar-refractivity contribution in [1.29, 1.82) is 0 Å². The number of benzene rings is 1. The third-order valence-electron chi connectivity index (χ3n) is 4.01. The third kappa shape index (κ3) is 10.8. The van der Waals surface area contributed by atoms with E-state index in [2.05, 4.69) is 24.9 Å². The molecule has 0 unspecified atom stereocenters. The molecule has 0 saturated heterocycles. The Labute approximate surface area is 164 Å². The molecular formula is C20H32NNaO. The normalized spacial score (nSPS) is 9.96. The fourth-order valence-corrected chi connectivity index (χ4v) is 2.67. The summed E-state index contributed by atoms with van der Waals surface area (Å²) in [5.74, 6) is -0.139. The number of para-hydroxylation sites is 1. The molecular weight excluding hydrogens is 293 g/mol. The van der Waals surface area contributed by atoms with E-state index in [0.717, 1.165) is 12.1 Å². The van der Waals surface area contributed by atoms with Crippen LogP contribution in [-0.2, 0) is 11.2 Å². The van der Waals surface area contributed by atoms with Crippen LogP contribution in [0.3, 0.4) is 0 Å². The Morgan fingerprint density at radius 1 is 1.00 bits per heavy atom. The van der Waals surface area contributed by atoms with Gasteiger partial charge >= 0.3 is 29.6 Å². The summed E-state index contributed by atoms with van der Waals surface area (Å²) in [5, 5.41) is 2.88. The molecule has 2 nitrogen and oxygen atoms in total. The number of amides is 1. The molecule has 124 valence electrons. The van der Waals surface area contributed by atoms with Crippen molar-refractivity contribution in [3.8, 4) is 0 Å². The summed E-state index contributed by atoms with van der Waals surface area (Å²) in [6.45, 7) is 5.76. The number of anilines is 1. The second-order valence-corrected chi connectivity index (χ2v) is 5.93. The van der Waals surface area contributed by atoms with Gasteiger partial charge in [0.05, 0.1) is 0 Å². The summed E-state index contributed by atoms with van der Waals surface area (Å²) in [4.78, 5) is 11.4. The molecule has 0 spiro atoms. The molecule has 0 bridgehead atoms. The SMILES string of the molecule is C=CC(=O)Nc1ccccc1CCCCCCCCCCC.[NaH]. The molecule has 23 heavy (non-hydrogen) atoms. The molecule has 0 aliphatic carbocycles. The van der Waals surface area contributed by atoms with Crippen LogP contribution in [0.15, 0.2) is 36.9 Å². The van der Waals surface area contributed by atoms with Crippen molar-refractivity contribution >= 4 is 41.2 Å². The summed E-state index contributed by atoms with van der Waals surface area (Å²) in [6.07, 6.45) is 14.4. The van der Waals surface area contributed by atoms with Crippen LogP contribution in [0, 0.1) is 0 Å². The quantitative estimate of drug-likeness (QED) is 0.318. The topological polar surface area (TPSA) is 29.1 Å². The average molecular weight is 325 g/mol. The van der Waals surface area contributed by atoms with Crippen molar-refractivity contribution in [3.05, 3.63) is 42.5 Å². The van der Waals surface area contributed by atoms with Gasteiger partial charge in [0.15, 0.2) is 0 Å². The fraction of sp³-hybridized carbons (Fsp3) is 0.550. The predicted molar refractivity (Wildman–Crippen MR) is 103 cm³/mol. The fourth-order valence-electron chi connectivity index (χ4n) is 2.67. The maximum absolute atomic E-state index is 11.4. The molecule has 0 aromatic heterocycles. The van der Waals surface area contributed by atoms with Crippen molar-refractivity contribution in [2.75, 3.05) is 5.32 Å². The number of nitrogens with one attached hydrogen (secondary N) is 1. The molecule has 1 aromatic carbocycles. The van der Waals surface area contributed by atoms with E-state index in [9.17, 15) is 4.79 Å². The minimum atomic E-state index is -0.139. The number of carbonyl (C=O) groups is 1. The second-order valence-electron chi connectivity index (χ2n) is 5.93. The van der Waals surface area contributed by atoms with E-state index >= 15 is 0 Å². The number of hydrogen-bond acceptors (Lipinski definition) is 1. The van der Waals surface area contributed by atoms with Gasteiger partial charge in [0.1, 0.15) is 0 Å². The molecule has 3 heteroatoms. The van der Waals surface area contributed by atoms with Gasteiger partial charge in [-0.15, -0.1) is 0 Å². The predicted octanol–water partition coefficient (Wildman–Crippen LogP) is 5.24. The number of unbranched alkanes of at least 4 members (excludes halogenated alkanes) is 8. The van der Waals surface area contributed by atoms with Crippen LogP contribution in [0.2, 0.25) is 0 Å². The van der Waals surface area contributed by atoms with Gasteiger partial charge in [0.2, 0.25) is 5.91 Å². The minimum absolute atomic E-state index is 0. The number of hydrogen-bond donors (Lipinski definition) is 1. The Bertz CT molecular complexity index is 445. The van der Waals surface area contributed by atoms with Crippen molar-refractivity contribution in [2.24, 2.45) is 0 Å². The van der Waals surface area contributed by atoms with Gasteiger partial charge in [-0.25, -0.2) is 0 Å². The Balaban J connectivity index is 0.00000484. The van der Waals surface area contributed by atoms with Gasteiger partial charge in [-0.3, -0.25) is 4.79 Å². The van der Waals surface area contributed by atoms with Gasteiger partial charge in [-0.1, -0.05) is 83.1 Å². The van der Waals surface area contributed by atoms with Gasteiger partial charge in [-0.05, 0) is 30.5 Å². The van der Waals surface area contributed by atoms with Crippen LogP contribution in [0.5, 0.6) is 0 Å². The van der Waals surface area contributed by atoms with Crippen LogP contribution in [0.1, 0.15) is 70.3 Å². The van der Waals surface area contributed by atoms with Crippen LogP contribution < -0.4 is 5.32 Å². The van der Waals surface area contributed by atoms with Gasteiger partial charge < -0.3 is 5.32 Å². The number of rotatable bonds is 12. The van der Waals surface area contributed by atoms with E-state index in [4.69, 9.17) is 0 Å². The molecule has 0 saturated carbocycles. The Morgan fingerprint density at radius 3 is 2.17 bits per heavy atom. The first-order valence-electron chi connectivity index (χ1n) is 8.79. The van der Waals surface area contributed by atoms with Crippen molar-refractivity contribution in [3.63, 3.8) is 0 Å². The number of aryl methyl sites for hydroxylation is 1. The summed E-state index contributed by atoms with van der Waals surface area (Å²) < 4.78 is 0. The summed E-state index contributed by atoms with van der Waals surface area (Å²) in [6, 6.07) is 8.05. The van der Waals surface area contributed by atoms with Crippen LogP contribution in [0.4, 0.5) is 5.69 Å². The van der Waals surface area contributed by atoms with Crippen molar-refractivity contribution in [1.82, 2.24) is 0 Å². The zero-order chi connectivity index (χ0) is 16.0. The standard InChI is InChI=1S/C20H31NO.Na.H/c1-3-5-6-7-8-9-10-11-12-15-18-16-13-14-17-19(18)21-20(22)4-2;;/h4,13-14,16-17H,2-3,5-12,15H2,1H3,(H,21,22);;. The van der Waals surface area contributed by atoms with Gasteiger partial charge in [-0.2, -0.15) is 0 Å². The first kappa shape index (κ1) is 22.4. The molecule has 0 heterocycles. The molecule has 0 radical (unpaired) electrons. The van der Waals surface area contributed by atoms with Crippen LogP contribution in [0.25, 0.3) is 0 Å². The molecule has 0 fully saturated rings. The Morgan fingerprint density at radius 2 is 1.57 bits per heavy atom. The summed E-state index contributed by atoms with van der Waals surface area (Å²) in [7, 11) is 0. The second kappa shape index (κ2) is 15.0. The molecule has 0 aliphatic rings. The summed E-state index contributed by atoms with van der Waals surface area (Å²) in [5.41, 5.74) is 2.15. The Hall–Kier alpha value is -0.570. The van der Waals surface area contributed by atoms with E-state index in [-0.39, 0.29) is 35.5 Å². The van der Waals surface area contributed by atoms with E-state index < -0.39 is 0 Å². The first-order chi connectivity index (χ1) is 10.8. The Kier molecular flexibility index (Phi) is 14.6. The first-order valence-corrected chi connectivity index (χ1v) is 8.79. The van der Waals surface area contributed by atoms with Crippen molar-refractivity contribution in [2.45, 2.75) is 71.1 Å². The molecule has 0 atom stereocenters. The average Bonchev–Trinajstić information content (AvgIpc) is 2.54. The zero-order valence-electron chi connectivity index (χ0n) is 14.1. The molecule has 1 amide bonds. The van der Waals surface area contributed by atoms with E-state index in [1.54, 1.807) is 0 Å². The van der Waals surface area contributed by atoms with E-state index in [1.165, 1.54) is 69.4 Å². The van der Waals surface area contributed by atoms with Crippen LogP contribution >= 0.6 is 0 Å². The third-order valence-corrected chi connectivity index (χ3v) is 4.01.